The molecule has 0 amide bonds. The van der Waals surface area contributed by atoms with E-state index in [0.29, 0.717) is 17.6 Å². The summed E-state index contributed by atoms with van der Waals surface area (Å²) in [6, 6.07) is 4.46. The summed E-state index contributed by atoms with van der Waals surface area (Å²) in [7, 11) is 0. The van der Waals surface area contributed by atoms with Crippen molar-refractivity contribution in [1.29, 1.82) is 0 Å². The van der Waals surface area contributed by atoms with Gasteiger partial charge in [-0.2, -0.15) is 0 Å². The molecule has 0 radical (unpaired) electrons. The number of phenolic OH excluding ortho intramolecular Hbond substituents is 1. The van der Waals surface area contributed by atoms with Crippen molar-refractivity contribution in [3.8, 4) is 5.75 Å². The average Bonchev–Trinajstić information content (AvgIpc) is 2.49. The predicted octanol–water partition coefficient (Wildman–Crippen LogP) is 5.80. The van der Waals surface area contributed by atoms with Crippen molar-refractivity contribution in [2.24, 2.45) is 0 Å². The Bertz CT molecular complexity index is 451. The van der Waals surface area contributed by atoms with Gasteiger partial charge in [0.05, 0.1) is 0 Å². The van der Waals surface area contributed by atoms with Crippen LogP contribution in [0, 0.1) is 6.92 Å². The second kappa shape index (κ2) is 6.20. The molecular weight excluding hydrogens is 244 g/mol. The van der Waals surface area contributed by atoms with Crippen LogP contribution in [0.25, 0.3) is 0 Å². The molecule has 3 rings (SSSR count). The van der Waals surface area contributed by atoms with Gasteiger partial charge in [0.2, 0.25) is 0 Å². The Morgan fingerprint density at radius 2 is 1.35 bits per heavy atom. The monoisotopic (exact) mass is 272 g/mol. The largest absolute Gasteiger partial charge is 0.507 e. The molecule has 0 aliphatic heterocycles. The Balaban J connectivity index is 1.92. The van der Waals surface area contributed by atoms with Gasteiger partial charge < -0.3 is 5.11 Å². The second-order valence-corrected chi connectivity index (χ2v) is 6.90. The first-order valence-corrected chi connectivity index (χ1v) is 8.59. The topological polar surface area (TPSA) is 20.2 Å². The highest BCUT2D eigenvalue weighted by molar-refractivity contribution is 5.49. The minimum absolute atomic E-state index is 0.603. The van der Waals surface area contributed by atoms with Crippen molar-refractivity contribution < 1.29 is 5.11 Å². The summed E-state index contributed by atoms with van der Waals surface area (Å²) in [4.78, 5) is 0. The summed E-state index contributed by atoms with van der Waals surface area (Å²) in [5.74, 6) is 1.86. The van der Waals surface area contributed by atoms with Gasteiger partial charge in [-0.05, 0) is 55.6 Å². The smallest absolute Gasteiger partial charge is 0.122 e. The van der Waals surface area contributed by atoms with Gasteiger partial charge in [-0.15, -0.1) is 0 Å². The maximum Gasteiger partial charge on any atom is 0.122 e. The van der Waals surface area contributed by atoms with Crippen LogP contribution in [0.4, 0.5) is 0 Å². The SMILES string of the molecule is Cc1ccc(C2CCCCC2)c(O)c1C1CCCCC1. The van der Waals surface area contributed by atoms with Crippen LogP contribution in [-0.4, -0.2) is 5.11 Å². The van der Waals surface area contributed by atoms with Gasteiger partial charge in [-0.3, -0.25) is 0 Å². The Morgan fingerprint density at radius 1 is 0.800 bits per heavy atom. The summed E-state index contributed by atoms with van der Waals surface area (Å²) in [5.41, 5.74) is 3.83. The molecule has 2 aliphatic rings. The molecule has 2 fully saturated rings. The second-order valence-electron chi connectivity index (χ2n) is 6.90. The summed E-state index contributed by atoms with van der Waals surface area (Å²) < 4.78 is 0. The van der Waals surface area contributed by atoms with Gasteiger partial charge in [-0.1, -0.05) is 50.7 Å². The number of aryl methyl sites for hydroxylation is 1. The molecule has 1 nitrogen and oxygen atoms in total. The van der Waals surface area contributed by atoms with E-state index < -0.39 is 0 Å². The molecule has 2 saturated carbocycles. The van der Waals surface area contributed by atoms with E-state index in [0.717, 1.165) is 0 Å². The number of benzene rings is 1. The quantitative estimate of drug-likeness (QED) is 0.721. The van der Waals surface area contributed by atoms with Crippen LogP contribution in [0.3, 0.4) is 0 Å². The minimum Gasteiger partial charge on any atom is -0.507 e. The van der Waals surface area contributed by atoms with Crippen molar-refractivity contribution in [3.63, 3.8) is 0 Å². The third-order valence-electron chi connectivity index (χ3n) is 5.52. The third kappa shape index (κ3) is 2.73. The highest BCUT2D eigenvalue weighted by atomic mass is 16.3. The lowest BCUT2D eigenvalue weighted by atomic mass is 9.77. The fourth-order valence-electron chi connectivity index (χ4n) is 4.38. The van der Waals surface area contributed by atoms with Crippen LogP contribution in [0.2, 0.25) is 0 Å². The maximum absolute atomic E-state index is 10.9. The van der Waals surface area contributed by atoms with Crippen molar-refractivity contribution in [1.82, 2.24) is 0 Å². The van der Waals surface area contributed by atoms with E-state index in [1.165, 1.54) is 80.9 Å². The van der Waals surface area contributed by atoms with E-state index >= 15 is 0 Å². The van der Waals surface area contributed by atoms with Crippen molar-refractivity contribution in [2.45, 2.75) is 83.0 Å². The molecule has 0 saturated heterocycles. The van der Waals surface area contributed by atoms with Crippen molar-refractivity contribution in [3.05, 3.63) is 28.8 Å². The van der Waals surface area contributed by atoms with Crippen molar-refractivity contribution >= 4 is 0 Å². The van der Waals surface area contributed by atoms with E-state index in [4.69, 9.17) is 0 Å². The van der Waals surface area contributed by atoms with E-state index in [9.17, 15) is 5.11 Å². The number of hydrogen-bond donors (Lipinski definition) is 1. The first kappa shape index (κ1) is 14.0. The Labute approximate surface area is 123 Å². The highest BCUT2D eigenvalue weighted by Crippen LogP contribution is 2.44. The molecule has 0 unspecified atom stereocenters. The highest BCUT2D eigenvalue weighted by Gasteiger charge is 2.25. The lowest BCUT2D eigenvalue weighted by Crippen LogP contribution is -2.10. The minimum atomic E-state index is 0.603. The average molecular weight is 272 g/mol. The fraction of sp³-hybridized carbons (Fsp3) is 0.684. The lowest BCUT2D eigenvalue weighted by Gasteiger charge is -2.28. The van der Waals surface area contributed by atoms with E-state index in [1.807, 2.05) is 0 Å². The molecule has 0 bridgehead atoms. The predicted molar refractivity (Wildman–Crippen MR) is 84.5 cm³/mol. The van der Waals surface area contributed by atoms with Gasteiger partial charge >= 0.3 is 0 Å². The normalized spacial score (nSPS) is 22.1. The van der Waals surface area contributed by atoms with Crippen molar-refractivity contribution in [2.75, 3.05) is 0 Å². The first-order chi connectivity index (χ1) is 9.77. The maximum atomic E-state index is 10.9. The Hall–Kier alpha value is -0.980. The van der Waals surface area contributed by atoms with Crippen LogP contribution in [-0.2, 0) is 0 Å². The zero-order valence-electron chi connectivity index (χ0n) is 12.8. The van der Waals surface area contributed by atoms with Gasteiger partial charge in [0.15, 0.2) is 0 Å². The van der Waals surface area contributed by atoms with E-state index in [2.05, 4.69) is 19.1 Å². The molecule has 0 aromatic heterocycles. The number of aromatic hydroxyl groups is 1. The standard InChI is InChI=1S/C19H28O/c1-14-12-13-17(15-8-4-2-5-9-15)19(20)18(14)16-10-6-3-7-11-16/h12-13,15-16,20H,2-11H2,1H3. The van der Waals surface area contributed by atoms with Crippen LogP contribution in [0.15, 0.2) is 12.1 Å². The molecule has 1 aromatic rings. The van der Waals surface area contributed by atoms with Crippen LogP contribution < -0.4 is 0 Å². The molecule has 0 atom stereocenters. The molecule has 20 heavy (non-hydrogen) atoms. The van der Waals surface area contributed by atoms with Crippen LogP contribution in [0.1, 0.15) is 92.7 Å². The summed E-state index contributed by atoms with van der Waals surface area (Å²) in [6.45, 7) is 2.17. The molecule has 1 N–H and O–H groups in total. The zero-order chi connectivity index (χ0) is 13.9. The Morgan fingerprint density at radius 3 is 1.95 bits per heavy atom. The Kier molecular flexibility index (Phi) is 4.33. The number of rotatable bonds is 2. The summed E-state index contributed by atoms with van der Waals surface area (Å²) >= 11 is 0. The number of hydrogen-bond acceptors (Lipinski definition) is 1. The molecule has 1 heteroatoms. The van der Waals surface area contributed by atoms with E-state index in [-0.39, 0.29) is 0 Å². The zero-order valence-corrected chi connectivity index (χ0v) is 12.8. The first-order valence-electron chi connectivity index (χ1n) is 8.59. The molecular formula is C19H28O. The van der Waals surface area contributed by atoms with Gasteiger partial charge in [0.1, 0.15) is 5.75 Å². The van der Waals surface area contributed by atoms with Gasteiger partial charge in [-0.25, -0.2) is 0 Å². The van der Waals surface area contributed by atoms with Crippen LogP contribution in [0.5, 0.6) is 5.75 Å². The lowest BCUT2D eigenvalue weighted by molar-refractivity contribution is 0.392. The van der Waals surface area contributed by atoms with E-state index in [1.54, 1.807) is 0 Å². The van der Waals surface area contributed by atoms with Gasteiger partial charge in [0.25, 0.3) is 0 Å². The van der Waals surface area contributed by atoms with Gasteiger partial charge in [0, 0.05) is 5.56 Å². The molecule has 1 aromatic carbocycles. The fourth-order valence-corrected chi connectivity index (χ4v) is 4.38. The van der Waals surface area contributed by atoms with Crippen LogP contribution >= 0.6 is 0 Å². The molecule has 2 aliphatic carbocycles. The summed E-state index contributed by atoms with van der Waals surface area (Å²) in [6.07, 6.45) is 13.1. The molecule has 110 valence electrons. The third-order valence-corrected chi connectivity index (χ3v) is 5.52. The molecule has 0 heterocycles. The number of phenols is 1. The summed E-state index contributed by atoms with van der Waals surface area (Å²) in [5, 5.41) is 10.9. The molecule has 0 spiro atoms.